The predicted molar refractivity (Wildman–Crippen MR) is 111 cm³/mol. The van der Waals surface area contributed by atoms with Gasteiger partial charge in [0.15, 0.2) is 0 Å². The van der Waals surface area contributed by atoms with Gasteiger partial charge in [0.25, 0.3) is 5.91 Å². The Morgan fingerprint density at radius 1 is 1.17 bits per heavy atom. The van der Waals surface area contributed by atoms with Crippen molar-refractivity contribution in [1.82, 2.24) is 4.90 Å². The lowest BCUT2D eigenvalue weighted by molar-refractivity contribution is -0.161. The second-order valence-electron chi connectivity index (χ2n) is 9.00. The maximum atomic E-state index is 13.2. The summed E-state index contributed by atoms with van der Waals surface area (Å²) in [5.41, 5.74) is 1.32. The third kappa shape index (κ3) is 4.57. The highest BCUT2D eigenvalue weighted by Gasteiger charge is 2.37. The minimum Gasteiger partial charge on any atom is -0.458 e. The van der Waals surface area contributed by atoms with Gasteiger partial charge in [0.05, 0.1) is 11.9 Å². The lowest BCUT2D eigenvalue weighted by Crippen LogP contribution is -2.50. The highest BCUT2D eigenvalue weighted by Crippen LogP contribution is 2.35. The normalized spacial score (nSPS) is 22.4. The van der Waals surface area contributed by atoms with E-state index in [1.54, 1.807) is 23.1 Å². The van der Waals surface area contributed by atoms with Gasteiger partial charge in [-0.05, 0) is 77.1 Å². The first-order valence-electron chi connectivity index (χ1n) is 10.0. The molecular weight excluding hydrogens is 392 g/mol. The van der Waals surface area contributed by atoms with Crippen LogP contribution in [0.15, 0.2) is 18.2 Å². The number of likely N-dealkylation sites (tertiary alicyclic amines) is 1. The van der Waals surface area contributed by atoms with Crippen LogP contribution in [0.1, 0.15) is 62.9 Å². The van der Waals surface area contributed by atoms with Crippen LogP contribution in [0.3, 0.4) is 0 Å². The second-order valence-corrected chi connectivity index (χ2v) is 10.9. The largest absolute Gasteiger partial charge is 0.458 e. The van der Waals surface area contributed by atoms with Gasteiger partial charge < -0.3 is 9.64 Å². The summed E-state index contributed by atoms with van der Waals surface area (Å²) in [4.78, 5) is 27.5. The van der Waals surface area contributed by atoms with Gasteiger partial charge >= 0.3 is 5.97 Å². The average Bonchev–Trinajstić information content (AvgIpc) is 2.94. The summed E-state index contributed by atoms with van der Waals surface area (Å²) >= 11 is 0. The maximum Gasteiger partial charge on any atom is 0.329 e. The number of hydrogen-bond donors (Lipinski definition) is 0. The third-order valence-electron chi connectivity index (χ3n) is 5.28. The molecule has 0 aromatic heterocycles. The lowest BCUT2D eigenvalue weighted by Gasteiger charge is -2.35. The number of carbonyl (C=O) groups is 2. The minimum atomic E-state index is -3.38. The van der Waals surface area contributed by atoms with E-state index < -0.39 is 21.7 Å². The number of benzene rings is 1. The number of anilines is 1. The molecule has 0 N–H and O–H groups in total. The Morgan fingerprint density at radius 2 is 1.86 bits per heavy atom. The smallest absolute Gasteiger partial charge is 0.329 e. The molecule has 2 atom stereocenters. The van der Waals surface area contributed by atoms with Gasteiger partial charge in [0.2, 0.25) is 10.0 Å². The highest BCUT2D eigenvalue weighted by atomic mass is 32.2. The van der Waals surface area contributed by atoms with Crippen molar-refractivity contribution in [2.45, 2.75) is 71.1 Å². The molecule has 1 fully saturated rings. The van der Waals surface area contributed by atoms with Crippen LogP contribution in [0.25, 0.3) is 0 Å². The van der Waals surface area contributed by atoms with E-state index >= 15 is 0 Å². The number of ether oxygens (including phenoxy) is 1. The van der Waals surface area contributed by atoms with Crippen LogP contribution >= 0.6 is 0 Å². The molecule has 160 valence electrons. The Kier molecular flexibility index (Phi) is 5.69. The number of sulfonamides is 1. The molecule has 0 saturated carbocycles. The quantitative estimate of drug-likeness (QED) is 0.700. The van der Waals surface area contributed by atoms with Crippen molar-refractivity contribution < 1.29 is 22.7 Å². The van der Waals surface area contributed by atoms with Gasteiger partial charge in [-0.25, -0.2) is 13.2 Å². The van der Waals surface area contributed by atoms with E-state index in [0.717, 1.165) is 18.4 Å². The first kappa shape index (κ1) is 21.6. The number of hydrogen-bond acceptors (Lipinski definition) is 5. The summed E-state index contributed by atoms with van der Waals surface area (Å²) in [6.45, 7) is 7.80. The summed E-state index contributed by atoms with van der Waals surface area (Å²) < 4.78 is 31.1. The van der Waals surface area contributed by atoms with Gasteiger partial charge in [-0.1, -0.05) is 0 Å². The number of carbonyl (C=O) groups excluding carboxylic acids is 2. The molecule has 2 heterocycles. The van der Waals surface area contributed by atoms with Crippen LogP contribution in [0.5, 0.6) is 0 Å². The Hall–Kier alpha value is -2.09. The van der Waals surface area contributed by atoms with Crippen LogP contribution < -0.4 is 4.31 Å². The Labute approximate surface area is 173 Å². The van der Waals surface area contributed by atoms with Crippen molar-refractivity contribution in [3.05, 3.63) is 29.3 Å². The minimum absolute atomic E-state index is 0.185. The number of amides is 1. The molecule has 8 heteroatoms. The van der Waals surface area contributed by atoms with E-state index in [1.807, 2.05) is 27.7 Å². The molecule has 0 unspecified atom stereocenters. The predicted octanol–water partition coefficient (Wildman–Crippen LogP) is 2.73. The molecule has 3 rings (SSSR count). The molecule has 1 aromatic carbocycles. The first-order chi connectivity index (χ1) is 13.4. The van der Waals surface area contributed by atoms with Gasteiger partial charge in [0.1, 0.15) is 11.6 Å². The summed E-state index contributed by atoms with van der Waals surface area (Å²) in [5, 5.41) is 0. The number of piperidine rings is 1. The monoisotopic (exact) mass is 422 g/mol. The van der Waals surface area contributed by atoms with E-state index in [4.69, 9.17) is 4.74 Å². The Bertz CT molecular complexity index is 919. The molecular formula is C21H30N2O5S. The van der Waals surface area contributed by atoms with E-state index in [0.29, 0.717) is 30.6 Å². The van der Waals surface area contributed by atoms with Gasteiger partial charge in [-0.2, -0.15) is 0 Å². The molecule has 2 aliphatic rings. The summed E-state index contributed by atoms with van der Waals surface area (Å²) in [7, 11) is -3.38. The maximum absolute atomic E-state index is 13.2. The number of nitrogens with zero attached hydrogens (tertiary/aromatic N) is 2. The number of rotatable bonds is 3. The molecule has 29 heavy (non-hydrogen) atoms. The molecule has 1 amide bonds. The molecule has 0 aliphatic carbocycles. The summed E-state index contributed by atoms with van der Waals surface area (Å²) in [5.74, 6) is -0.586. The molecule has 1 saturated heterocycles. The Balaban J connectivity index is 1.86. The topological polar surface area (TPSA) is 84.0 Å². The van der Waals surface area contributed by atoms with Crippen LogP contribution in [0.4, 0.5) is 5.69 Å². The van der Waals surface area contributed by atoms with E-state index in [9.17, 15) is 18.0 Å². The summed E-state index contributed by atoms with van der Waals surface area (Å²) in [6.07, 6.45) is 4.05. The van der Waals surface area contributed by atoms with Crippen LogP contribution in [-0.2, 0) is 26.0 Å². The van der Waals surface area contributed by atoms with Gasteiger partial charge in [-0.3, -0.25) is 9.10 Å². The fourth-order valence-corrected chi connectivity index (χ4v) is 5.46. The third-order valence-corrected chi connectivity index (χ3v) is 6.55. The lowest BCUT2D eigenvalue weighted by atomic mass is 9.99. The zero-order valence-corrected chi connectivity index (χ0v) is 18.6. The summed E-state index contributed by atoms with van der Waals surface area (Å²) in [6, 6.07) is 4.34. The first-order valence-corrected chi connectivity index (χ1v) is 11.9. The van der Waals surface area contributed by atoms with Crippen molar-refractivity contribution in [3.8, 4) is 0 Å². The van der Waals surface area contributed by atoms with Crippen LogP contribution in [0.2, 0.25) is 0 Å². The SMILES string of the molecule is C[C@H]1Cc2cc(C(=O)N3CCCC[C@H]3C(=O)OC(C)(C)C)ccc2N1S(C)(=O)=O. The van der Waals surface area contributed by atoms with E-state index in [-0.39, 0.29) is 17.9 Å². The average molecular weight is 423 g/mol. The molecule has 0 bridgehead atoms. The van der Waals surface area contributed by atoms with Crippen molar-refractivity contribution in [2.24, 2.45) is 0 Å². The van der Waals surface area contributed by atoms with Crippen molar-refractivity contribution in [2.75, 3.05) is 17.1 Å². The van der Waals surface area contributed by atoms with Crippen molar-refractivity contribution in [3.63, 3.8) is 0 Å². The van der Waals surface area contributed by atoms with E-state index in [1.165, 1.54) is 10.6 Å². The van der Waals surface area contributed by atoms with Gasteiger partial charge in [0, 0.05) is 18.2 Å². The number of fused-ring (bicyclic) bond motifs is 1. The molecule has 7 nitrogen and oxygen atoms in total. The van der Waals surface area contributed by atoms with E-state index in [2.05, 4.69) is 0 Å². The molecule has 0 spiro atoms. The highest BCUT2D eigenvalue weighted by molar-refractivity contribution is 7.92. The fraction of sp³-hybridized carbons (Fsp3) is 0.619. The van der Waals surface area contributed by atoms with Crippen molar-refractivity contribution in [1.29, 1.82) is 0 Å². The zero-order chi connectivity index (χ0) is 21.6. The standard InChI is InChI=1S/C21H30N2O5S/c1-14-12-16-13-15(9-10-17(16)23(14)29(5,26)27)19(24)22-11-7-6-8-18(22)20(25)28-21(2,3)4/h9-10,13-14,18H,6-8,11-12H2,1-5H3/t14-,18-/m0/s1. The van der Waals surface area contributed by atoms with Crippen LogP contribution in [-0.4, -0.2) is 55.7 Å². The molecule has 0 radical (unpaired) electrons. The second kappa shape index (κ2) is 7.63. The Morgan fingerprint density at radius 3 is 2.48 bits per heavy atom. The van der Waals surface area contributed by atoms with Crippen molar-refractivity contribution >= 4 is 27.6 Å². The zero-order valence-electron chi connectivity index (χ0n) is 17.8. The van der Waals surface area contributed by atoms with Crippen LogP contribution in [0, 0.1) is 0 Å². The molecule has 2 aliphatic heterocycles. The van der Waals surface area contributed by atoms with Gasteiger partial charge in [-0.15, -0.1) is 0 Å². The number of esters is 1. The fourth-order valence-electron chi connectivity index (χ4n) is 4.20. The molecule has 1 aromatic rings.